The number of benzene rings is 2. The summed E-state index contributed by atoms with van der Waals surface area (Å²) in [6.45, 7) is 1.89. The molecule has 1 unspecified atom stereocenters. The molecule has 2 rings (SSSR count). The van der Waals surface area contributed by atoms with E-state index >= 15 is 0 Å². The SMILES string of the molecule is CC(CCl)(NC(=O)c1ccc(Br)cc1Cl)c1ccccc1. The highest BCUT2D eigenvalue weighted by Crippen LogP contribution is 2.25. The van der Waals surface area contributed by atoms with E-state index in [0.717, 1.165) is 10.0 Å². The number of alkyl halides is 1. The molecule has 1 amide bonds. The van der Waals surface area contributed by atoms with E-state index in [-0.39, 0.29) is 11.8 Å². The zero-order valence-electron chi connectivity index (χ0n) is 11.4. The van der Waals surface area contributed by atoms with Crippen molar-refractivity contribution in [3.63, 3.8) is 0 Å². The van der Waals surface area contributed by atoms with Crippen molar-refractivity contribution < 1.29 is 4.79 Å². The van der Waals surface area contributed by atoms with Crippen LogP contribution in [-0.2, 0) is 5.54 Å². The molecule has 0 aromatic heterocycles. The van der Waals surface area contributed by atoms with Crippen LogP contribution in [0.15, 0.2) is 53.0 Å². The first kappa shape index (κ1) is 16.3. The Morgan fingerprint density at radius 2 is 1.90 bits per heavy atom. The summed E-state index contributed by atoms with van der Waals surface area (Å²) in [6, 6.07) is 14.8. The third-order valence-electron chi connectivity index (χ3n) is 3.24. The second-order valence-electron chi connectivity index (χ2n) is 4.91. The zero-order valence-corrected chi connectivity index (χ0v) is 14.5. The molecule has 0 saturated carbocycles. The maximum atomic E-state index is 12.5. The molecule has 21 heavy (non-hydrogen) atoms. The average molecular weight is 387 g/mol. The summed E-state index contributed by atoms with van der Waals surface area (Å²) >= 11 is 15.5. The fraction of sp³-hybridized carbons (Fsp3) is 0.188. The number of rotatable bonds is 4. The molecule has 0 aliphatic carbocycles. The van der Waals surface area contributed by atoms with Gasteiger partial charge in [-0.3, -0.25) is 4.79 Å². The van der Waals surface area contributed by atoms with E-state index in [9.17, 15) is 4.79 Å². The molecule has 2 aromatic rings. The Bertz CT molecular complexity index is 648. The van der Waals surface area contributed by atoms with Gasteiger partial charge in [-0.15, -0.1) is 11.6 Å². The first-order valence-electron chi connectivity index (χ1n) is 6.35. The molecule has 0 aliphatic heterocycles. The summed E-state index contributed by atoms with van der Waals surface area (Å²) in [6.07, 6.45) is 0. The molecule has 1 N–H and O–H groups in total. The van der Waals surface area contributed by atoms with Crippen molar-refractivity contribution in [2.24, 2.45) is 0 Å². The quantitative estimate of drug-likeness (QED) is 0.737. The Hall–Kier alpha value is -1.03. The normalized spacial score (nSPS) is 13.5. The summed E-state index contributed by atoms with van der Waals surface area (Å²) in [5.74, 6) is 0.0104. The third kappa shape index (κ3) is 3.79. The van der Waals surface area contributed by atoms with E-state index in [1.807, 2.05) is 37.3 Å². The second-order valence-corrected chi connectivity index (χ2v) is 6.50. The van der Waals surface area contributed by atoms with Crippen LogP contribution in [0.25, 0.3) is 0 Å². The van der Waals surface area contributed by atoms with Crippen molar-refractivity contribution in [1.82, 2.24) is 5.32 Å². The van der Waals surface area contributed by atoms with Crippen molar-refractivity contribution >= 4 is 45.0 Å². The summed E-state index contributed by atoms with van der Waals surface area (Å²) in [5.41, 5.74) is 0.713. The van der Waals surface area contributed by atoms with Gasteiger partial charge in [-0.05, 0) is 30.7 Å². The lowest BCUT2D eigenvalue weighted by Crippen LogP contribution is -2.45. The highest BCUT2D eigenvalue weighted by atomic mass is 79.9. The standard InChI is InChI=1S/C16H14BrCl2NO/c1-16(10-18,11-5-3-2-4-6-11)20-15(21)13-8-7-12(17)9-14(13)19/h2-9H,10H2,1H3,(H,20,21). The van der Waals surface area contributed by atoms with Crippen molar-refractivity contribution in [2.45, 2.75) is 12.5 Å². The van der Waals surface area contributed by atoms with Crippen LogP contribution < -0.4 is 5.32 Å². The number of halogens is 3. The van der Waals surface area contributed by atoms with Crippen molar-refractivity contribution in [2.75, 3.05) is 5.88 Å². The van der Waals surface area contributed by atoms with Crippen LogP contribution >= 0.6 is 39.1 Å². The van der Waals surface area contributed by atoms with Crippen molar-refractivity contribution in [1.29, 1.82) is 0 Å². The van der Waals surface area contributed by atoms with Gasteiger partial charge in [-0.1, -0.05) is 57.9 Å². The van der Waals surface area contributed by atoms with Crippen LogP contribution in [0, 0.1) is 0 Å². The third-order valence-corrected chi connectivity index (χ3v) is 4.58. The molecule has 2 aromatic carbocycles. The van der Waals surface area contributed by atoms with Gasteiger partial charge in [-0.2, -0.15) is 0 Å². The first-order chi connectivity index (χ1) is 9.96. The van der Waals surface area contributed by atoms with Gasteiger partial charge in [0.05, 0.1) is 16.1 Å². The molecule has 2 nitrogen and oxygen atoms in total. The van der Waals surface area contributed by atoms with Gasteiger partial charge < -0.3 is 5.32 Å². The molecule has 0 heterocycles. The fourth-order valence-corrected chi connectivity index (χ4v) is 2.96. The summed E-state index contributed by atoms with van der Waals surface area (Å²) < 4.78 is 0.826. The van der Waals surface area contributed by atoms with Crippen LogP contribution in [0.2, 0.25) is 5.02 Å². The molecular formula is C16H14BrCl2NO. The Kier molecular flexibility index (Phi) is 5.31. The van der Waals surface area contributed by atoms with Crippen LogP contribution in [0.3, 0.4) is 0 Å². The van der Waals surface area contributed by atoms with Gasteiger partial charge in [0.1, 0.15) is 0 Å². The van der Waals surface area contributed by atoms with Crippen molar-refractivity contribution in [3.8, 4) is 0 Å². The molecule has 1 atom stereocenters. The Labute approximate surface area is 142 Å². The van der Waals surface area contributed by atoms with E-state index in [4.69, 9.17) is 23.2 Å². The molecule has 0 bridgehead atoms. The van der Waals surface area contributed by atoms with E-state index in [1.165, 1.54) is 0 Å². The Balaban J connectivity index is 2.28. The molecule has 110 valence electrons. The monoisotopic (exact) mass is 385 g/mol. The summed E-state index contributed by atoms with van der Waals surface area (Å²) in [7, 11) is 0. The summed E-state index contributed by atoms with van der Waals surface area (Å²) in [4.78, 5) is 12.5. The Morgan fingerprint density at radius 1 is 1.24 bits per heavy atom. The lowest BCUT2D eigenvalue weighted by molar-refractivity contribution is 0.0913. The predicted octanol–water partition coefficient (Wildman–Crippen LogP) is 4.99. The van der Waals surface area contributed by atoms with Gasteiger partial charge in [0.25, 0.3) is 5.91 Å². The highest BCUT2D eigenvalue weighted by molar-refractivity contribution is 9.10. The fourth-order valence-electron chi connectivity index (χ4n) is 1.98. The number of carbonyl (C=O) groups is 1. The van der Waals surface area contributed by atoms with E-state index in [1.54, 1.807) is 18.2 Å². The zero-order chi connectivity index (χ0) is 15.5. The van der Waals surface area contributed by atoms with Crippen LogP contribution in [0.5, 0.6) is 0 Å². The molecule has 0 saturated heterocycles. The molecular weight excluding hydrogens is 373 g/mol. The predicted molar refractivity (Wildman–Crippen MR) is 91.1 cm³/mol. The summed E-state index contributed by atoms with van der Waals surface area (Å²) in [5, 5.41) is 3.36. The van der Waals surface area contributed by atoms with Gasteiger partial charge >= 0.3 is 0 Å². The minimum Gasteiger partial charge on any atom is -0.342 e. The molecule has 5 heteroatoms. The smallest absolute Gasteiger partial charge is 0.253 e. The van der Waals surface area contributed by atoms with Gasteiger partial charge in [0.15, 0.2) is 0 Å². The van der Waals surface area contributed by atoms with Crippen LogP contribution in [0.4, 0.5) is 0 Å². The van der Waals surface area contributed by atoms with Crippen LogP contribution in [0.1, 0.15) is 22.8 Å². The first-order valence-corrected chi connectivity index (χ1v) is 8.06. The lowest BCUT2D eigenvalue weighted by Gasteiger charge is -2.29. The highest BCUT2D eigenvalue weighted by Gasteiger charge is 2.28. The van der Waals surface area contributed by atoms with Gasteiger partial charge in [0, 0.05) is 10.4 Å². The largest absolute Gasteiger partial charge is 0.342 e. The lowest BCUT2D eigenvalue weighted by atomic mass is 9.93. The number of amides is 1. The average Bonchev–Trinajstić information content (AvgIpc) is 2.47. The number of nitrogens with one attached hydrogen (secondary N) is 1. The maximum Gasteiger partial charge on any atom is 0.253 e. The topological polar surface area (TPSA) is 29.1 Å². The minimum absolute atomic E-state index is 0.250. The van der Waals surface area contributed by atoms with Crippen LogP contribution in [-0.4, -0.2) is 11.8 Å². The van der Waals surface area contributed by atoms with Gasteiger partial charge in [0.2, 0.25) is 0 Å². The molecule has 0 radical (unpaired) electrons. The van der Waals surface area contributed by atoms with E-state index in [0.29, 0.717) is 10.6 Å². The number of carbonyl (C=O) groups excluding carboxylic acids is 1. The van der Waals surface area contributed by atoms with Crippen molar-refractivity contribution in [3.05, 3.63) is 69.2 Å². The Morgan fingerprint density at radius 3 is 2.48 bits per heavy atom. The molecule has 0 spiro atoms. The van der Waals surface area contributed by atoms with Gasteiger partial charge in [-0.25, -0.2) is 0 Å². The molecule has 0 aliphatic rings. The van der Waals surface area contributed by atoms with E-state index in [2.05, 4.69) is 21.2 Å². The van der Waals surface area contributed by atoms with E-state index < -0.39 is 5.54 Å². The maximum absolute atomic E-state index is 12.5. The minimum atomic E-state index is -0.656. The second kappa shape index (κ2) is 6.82. The molecule has 0 fully saturated rings. The number of hydrogen-bond acceptors (Lipinski definition) is 1. The number of hydrogen-bond donors (Lipinski definition) is 1.